The maximum Gasteiger partial charge on any atom is 0.254 e. The molecule has 236 valence electrons. The van der Waals surface area contributed by atoms with Crippen molar-refractivity contribution in [3.8, 4) is 0 Å². The van der Waals surface area contributed by atoms with Crippen LogP contribution in [0.25, 0.3) is 0 Å². The van der Waals surface area contributed by atoms with Crippen molar-refractivity contribution in [2.75, 3.05) is 38.0 Å². The van der Waals surface area contributed by atoms with Gasteiger partial charge in [-0.3, -0.25) is 9.59 Å². The number of nitrogens with zero attached hydrogens (tertiary/aromatic N) is 3. The first-order chi connectivity index (χ1) is 20.3. The van der Waals surface area contributed by atoms with E-state index in [0.717, 1.165) is 42.5 Å². The molecule has 0 aliphatic carbocycles. The Morgan fingerprint density at radius 1 is 1.23 bits per heavy atom. The van der Waals surface area contributed by atoms with Crippen LogP contribution in [-0.4, -0.2) is 79.2 Å². The number of nitrogens with one attached hydrogen (secondary N) is 3. The number of thiazole rings is 1. The van der Waals surface area contributed by atoms with Crippen LogP contribution in [0.3, 0.4) is 0 Å². The van der Waals surface area contributed by atoms with Crippen molar-refractivity contribution in [3.63, 3.8) is 0 Å². The predicted molar refractivity (Wildman–Crippen MR) is 162 cm³/mol. The number of piperazine rings is 1. The minimum atomic E-state index is -3.91. The first-order valence-electron chi connectivity index (χ1n) is 14.5. The third-order valence-corrected chi connectivity index (χ3v) is 11.2. The number of carbonyl (C=O) groups is 2. The van der Waals surface area contributed by atoms with E-state index in [0.29, 0.717) is 37.2 Å². The number of benzene rings is 1. The highest BCUT2D eigenvalue weighted by molar-refractivity contribution is 7.91. The summed E-state index contributed by atoms with van der Waals surface area (Å²) in [5, 5.41) is 9.19. The Bertz CT molecular complexity index is 1430. The summed E-state index contributed by atoms with van der Waals surface area (Å²) in [5.41, 5.74) is 1.62. The maximum atomic E-state index is 14.0. The third-order valence-electron chi connectivity index (χ3n) is 7.67. The number of amides is 2. The first kappa shape index (κ1) is 33.0. The number of hydrogen-bond donors (Lipinski definition) is 3. The van der Waals surface area contributed by atoms with E-state index in [1.807, 2.05) is 0 Å². The second-order valence-electron chi connectivity index (χ2n) is 11.3. The average Bonchev–Trinajstić information content (AvgIpc) is 3.48. The monoisotopic (exact) mass is 638 g/mol. The number of aromatic nitrogens is 1. The zero-order chi connectivity index (χ0) is 31.3. The lowest BCUT2D eigenvalue weighted by Gasteiger charge is -2.35. The second-order valence-corrected chi connectivity index (χ2v) is 14.4. The van der Waals surface area contributed by atoms with Gasteiger partial charge in [0.05, 0.1) is 11.6 Å². The molecule has 4 rings (SSSR count). The van der Waals surface area contributed by atoms with Crippen LogP contribution in [0.15, 0.2) is 34.7 Å². The van der Waals surface area contributed by atoms with Crippen LogP contribution in [0.5, 0.6) is 0 Å². The number of carbonyl (C=O) groups excluding carboxylic acids is 2. The van der Waals surface area contributed by atoms with Gasteiger partial charge in [0.25, 0.3) is 10.0 Å². The minimum absolute atomic E-state index is 0.0612. The van der Waals surface area contributed by atoms with Crippen LogP contribution in [0.4, 0.5) is 13.9 Å². The van der Waals surface area contributed by atoms with E-state index in [4.69, 9.17) is 0 Å². The van der Waals surface area contributed by atoms with E-state index < -0.39 is 27.7 Å². The summed E-state index contributed by atoms with van der Waals surface area (Å²) in [6, 6.07) is 2.45. The SMILES string of the molecule is C=C1CC(C(=O)NC(Cc2cc(F)cc(F)c2)C[C@H]2CN(S(=O)(=O)c3sc(NC(C)=O)nc3C)CCN2)CN1CCCC. The number of sulfonamides is 1. The Kier molecular flexibility index (Phi) is 10.9. The zero-order valence-electron chi connectivity index (χ0n) is 24.8. The smallest absolute Gasteiger partial charge is 0.254 e. The average molecular weight is 639 g/mol. The molecule has 3 N–H and O–H groups in total. The summed E-state index contributed by atoms with van der Waals surface area (Å²) < 4.78 is 56.7. The van der Waals surface area contributed by atoms with Gasteiger partial charge < -0.3 is 20.9 Å². The molecule has 0 radical (unpaired) electrons. The summed E-state index contributed by atoms with van der Waals surface area (Å²) in [7, 11) is -3.91. The summed E-state index contributed by atoms with van der Waals surface area (Å²) >= 11 is 0.903. The van der Waals surface area contributed by atoms with Gasteiger partial charge in [0.1, 0.15) is 11.6 Å². The Morgan fingerprint density at radius 2 is 1.95 bits per heavy atom. The minimum Gasteiger partial charge on any atom is -0.374 e. The molecule has 2 saturated heterocycles. The molecular weight excluding hydrogens is 598 g/mol. The summed E-state index contributed by atoms with van der Waals surface area (Å²) in [6.07, 6.45) is 3.09. The van der Waals surface area contributed by atoms with Gasteiger partial charge in [-0.25, -0.2) is 22.2 Å². The van der Waals surface area contributed by atoms with Gasteiger partial charge >= 0.3 is 0 Å². The van der Waals surface area contributed by atoms with Crippen molar-refractivity contribution >= 4 is 38.3 Å². The molecule has 3 atom stereocenters. The number of allylic oxidation sites excluding steroid dienone is 1. The fourth-order valence-electron chi connectivity index (χ4n) is 5.63. The third kappa shape index (κ3) is 8.58. The molecule has 0 spiro atoms. The molecule has 43 heavy (non-hydrogen) atoms. The lowest BCUT2D eigenvalue weighted by Crippen LogP contribution is -2.55. The van der Waals surface area contributed by atoms with Crippen LogP contribution in [-0.2, 0) is 26.0 Å². The molecule has 0 bridgehead atoms. The topological polar surface area (TPSA) is 124 Å². The Morgan fingerprint density at radius 3 is 2.63 bits per heavy atom. The van der Waals surface area contributed by atoms with Gasteiger partial charge in [0.2, 0.25) is 11.8 Å². The summed E-state index contributed by atoms with van der Waals surface area (Å²) in [5.74, 6) is -2.20. The molecule has 10 nitrogen and oxygen atoms in total. The van der Waals surface area contributed by atoms with E-state index >= 15 is 0 Å². The van der Waals surface area contributed by atoms with E-state index in [-0.39, 0.29) is 52.6 Å². The molecule has 2 unspecified atom stereocenters. The number of hydrogen-bond acceptors (Lipinski definition) is 8. The molecule has 2 amide bonds. The van der Waals surface area contributed by atoms with Crippen LogP contribution in [0, 0.1) is 24.5 Å². The zero-order valence-corrected chi connectivity index (χ0v) is 26.4. The van der Waals surface area contributed by atoms with E-state index in [1.165, 1.54) is 23.4 Å². The predicted octanol–water partition coefficient (Wildman–Crippen LogP) is 3.40. The van der Waals surface area contributed by atoms with E-state index in [2.05, 4.69) is 39.3 Å². The first-order valence-corrected chi connectivity index (χ1v) is 16.8. The molecule has 14 heteroatoms. The second kappa shape index (κ2) is 14.2. The van der Waals surface area contributed by atoms with Crippen molar-refractivity contribution in [2.24, 2.45) is 5.92 Å². The molecule has 2 aromatic rings. The summed E-state index contributed by atoms with van der Waals surface area (Å²) in [6.45, 7) is 11.3. The highest BCUT2D eigenvalue weighted by atomic mass is 32.2. The van der Waals surface area contributed by atoms with Crippen molar-refractivity contribution in [3.05, 3.63) is 53.4 Å². The van der Waals surface area contributed by atoms with E-state index in [9.17, 15) is 26.8 Å². The quantitative estimate of drug-likeness (QED) is 0.326. The molecule has 2 aliphatic heterocycles. The number of aryl methyl sites for hydroxylation is 1. The normalized spacial score (nSPS) is 20.3. The number of unbranched alkanes of at least 4 members (excludes halogenated alkanes) is 1. The lowest BCUT2D eigenvalue weighted by atomic mass is 9.97. The van der Waals surface area contributed by atoms with Crippen molar-refractivity contribution in [1.82, 2.24) is 24.8 Å². The van der Waals surface area contributed by atoms with Gasteiger partial charge in [-0.1, -0.05) is 31.3 Å². The molecule has 3 heterocycles. The van der Waals surface area contributed by atoms with Gasteiger partial charge in [-0.15, -0.1) is 0 Å². The Labute approximate surface area is 256 Å². The van der Waals surface area contributed by atoms with Crippen LogP contribution >= 0.6 is 11.3 Å². The lowest BCUT2D eigenvalue weighted by molar-refractivity contribution is -0.125. The molecule has 0 saturated carbocycles. The largest absolute Gasteiger partial charge is 0.374 e. The van der Waals surface area contributed by atoms with Crippen molar-refractivity contribution in [2.45, 2.75) is 69.2 Å². The molecule has 1 aromatic carbocycles. The highest BCUT2D eigenvalue weighted by Gasteiger charge is 2.36. The number of rotatable bonds is 12. The van der Waals surface area contributed by atoms with Crippen molar-refractivity contribution < 1.29 is 26.8 Å². The standard InChI is InChI=1S/C29H40F2N6O4S2/c1-5-6-8-36-16-22(10-18(36)2)27(39)35-25(13-21-11-23(30)14-24(31)12-21)15-26-17-37(9-7-32-26)43(40,41)28-19(3)33-29(42-28)34-20(4)38/h11-12,14,22,25-26,32H,2,5-10,13,15-17H2,1,3-4H3,(H,35,39)(H,33,34,38)/t22?,25?,26-/m0/s1. The van der Waals surface area contributed by atoms with Crippen LogP contribution in [0.1, 0.15) is 50.8 Å². The highest BCUT2D eigenvalue weighted by Crippen LogP contribution is 2.31. The number of anilines is 1. The Balaban J connectivity index is 1.49. The van der Waals surface area contributed by atoms with Gasteiger partial charge in [0, 0.05) is 63.5 Å². The maximum absolute atomic E-state index is 14.0. The molecule has 2 fully saturated rings. The fourth-order valence-corrected chi connectivity index (χ4v) is 8.71. The van der Waals surface area contributed by atoms with Crippen LogP contribution in [0.2, 0.25) is 0 Å². The Hall–Kier alpha value is -2.94. The summed E-state index contributed by atoms with van der Waals surface area (Å²) in [4.78, 5) is 31.2. The number of likely N-dealkylation sites (tertiary alicyclic amines) is 1. The number of halogens is 2. The van der Waals surface area contributed by atoms with Gasteiger partial charge in [-0.05, 0) is 50.3 Å². The van der Waals surface area contributed by atoms with Gasteiger partial charge in [-0.2, -0.15) is 4.31 Å². The fraction of sp³-hybridized carbons (Fsp3) is 0.552. The molecular formula is C29H40F2N6O4S2. The van der Waals surface area contributed by atoms with Crippen LogP contribution < -0.4 is 16.0 Å². The van der Waals surface area contributed by atoms with Crippen molar-refractivity contribution in [1.29, 1.82) is 0 Å². The molecule has 1 aromatic heterocycles. The van der Waals surface area contributed by atoms with E-state index in [1.54, 1.807) is 6.92 Å². The van der Waals surface area contributed by atoms with Gasteiger partial charge in [0.15, 0.2) is 9.34 Å². The molecule has 2 aliphatic rings.